The molecule has 6 heteroatoms. The number of para-hydroxylation sites is 1. The molecule has 0 saturated carbocycles. The molecule has 37 heavy (non-hydrogen) atoms. The number of fused-ring (bicyclic) bond motifs is 1. The third-order valence-corrected chi connectivity index (χ3v) is 6.48. The van der Waals surface area contributed by atoms with Gasteiger partial charge in [0, 0.05) is 12.6 Å². The molecule has 0 N–H and O–H groups in total. The fourth-order valence-corrected chi connectivity index (χ4v) is 4.40. The van der Waals surface area contributed by atoms with E-state index >= 15 is 0 Å². The smallest absolute Gasteiger partial charge is 0.266 e. The predicted molar refractivity (Wildman–Crippen MR) is 149 cm³/mol. The van der Waals surface area contributed by atoms with Crippen LogP contribution in [0.25, 0.3) is 22.7 Å². The van der Waals surface area contributed by atoms with Gasteiger partial charge in [0.05, 0.1) is 29.7 Å². The van der Waals surface area contributed by atoms with E-state index in [0.717, 1.165) is 24.8 Å². The van der Waals surface area contributed by atoms with E-state index in [0.29, 0.717) is 34.7 Å². The van der Waals surface area contributed by atoms with Gasteiger partial charge in [0.15, 0.2) is 0 Å². The molecule has 6 nitrogen and oxygen atoms in total. The summed E-state index contributed by atoms with van der Waals surface area (Å²) >= 11 is 0. The molecule has 0 spiro atoms. The van der Waals surface area contributed by atoms with E-state index in [2.05, 4.69) is 6.92 Å². The Morgan fingerprint density at radius 2 is 1.70 bits per heavy atom. The molecule has 0 fully saturated rings. The zero-order valence-electron chi connectivity index (χ0n) is 21.6. The van der Waals surface area contributed by atoms with Crippen LogP contribution < -0.4 is 10.3 Å². The lowest BCUT2D eigenvalue weighted by Gasteiger charge is -2.30. The van der Waals surface area contributed by atoms with Crippen molar-refractivity contribution in [3.05, 3.63) is 107 Å². The largest absolute Gasteiger partial charge is 0.497 e. The number of unbranched alkanes of at least 4 members (excludes halogenated alkanes) is 2. The van der Waals surface area contributed by atoms with Crippen molar-refractivity contribution in [3.8, 4) is 11.4 Å². The lowest BCUT2D eigenvalue weighted by atomic mass is 10.1. The number of methoxy groups -OCH3 is 1. The number of rotatable bonds is 10. The van der Waals surface area contributed by atoms with Crippen molar-refractivity contribution < 1.29 is 9.53 Å². The van der Waals surface area contributed by atoms with Gasteiger partial charge in [-0.05, 0) is 61.4 Å². The van der Waals surface area contributed by atoms with Gasteiger partial charge >= 0.3 is 0 Å². The number of amides is 1. The minimum absolute atomic E-state index is 0.115. The molecule has 0 aliphatic heterocycles. The van der Waals surface area contributed by atoms with Crippen molar-refractivity contribution in [1.82, 2.24) is 14.5 Å². The minimum Gasteiger partial charge on any atom is -0.497 e. The molecule has 4 aromatic rings. The van der Waals surface area contributed by atoms with Crippen molar-refractivity contribution in [2.24, 2.45) is 0 Å². The Bertz CT molecular complexity index is 1430. The fraction of sp³-hybridized carbons (Fsp3) is 0.258. The van der Waals surface area contributed by atoms with Gasteiger partial charge in [-0.15, -0.1) is 0 Å². The highest BCUT2D eigenvalue weighted by atomic mass is 16.5. The van der Waals surface area contributed by atoms with E-state index < -0.39 is 6.04 Å². The quantitative estimate of drug-likeness (QED) is 0.194. The number of carbonyl (C=O) groups excluding carboxylic acids is 1. The molecular weight excluding hydrogens is 462 g/mol. The summed E-state index contributed by atoms with van der Waals surface area (Å²) in [5, 5.41) is 0.530. The third kappa shape index (κ3) is 5.97. The van der Waals surface area contributed by atoms with Gasteiger partial charge in [-0.25, -0.2) is 4.98 Å². The maximum Gasteiger partial charge on any atom is 0.266 e. The molecule has 0 saturated heterocycles. The standard InChI is InChI=1S/C31H33N3O3/c1-4-5-11-22-33(29(35)21-16-24-12-7-6-8-13-24)23(2)30-32-28-15-10-9-14-27(28)31(36)34(30)25-17-19-26(37-3)20-18-25/h6-10,12-21,23H,4-5,11,22H2,1-3H3. The highest BCUT2D eigenvalue weighted by Crippen LogP contribution is 2.25. The van der Waals surface area contributed by atoms with Crippen molar-refractivity contribution >= 4 is 22.9 Å². The Labute approximate surface area is 217 Å². The summed E-state index contributed by atoms with van der Waals surface area (Å²) in [5.74, 6) is 1.10. The first kappa shape index (κ1) is 25.9. The molecule has 0 aliphatic carbocycles. The molecule has 1 aromatic heterocycles. The molecular formula is C31H33N3O3. The molecule has 1 heterocycles. The lowest BCUT2D eigenvalue weighted by Crippen LogP contribution is -2.37. The molecule has 4 rings (SSSR count). The first-order valence-corrected chi connectivity index (χ1v) is 12.7. The number of nitrogens with zero attached hydrogens (tertiary/aromatic N) is 3. The SMILES string of the molecule is CCCCCN(C(=O)C=Cc1ccccc1)C(C)c1nc2ccccc2c(=O)n1-c1ccc(OC)cc1. The highest BCUT2D eigenvalue weighted by molar-refractivity contribution is 5.92. The van der Waals surface area contributed by atoms with Crippen LogP contribution in [0.5, 0.6) is 5.75 Å². The predicted octanol–water partition coefficient (Wildman–Crippen LogP) is 6.19. The summed E-state index contributed by atoms with van der Waals surface area (Å²) < 4.78 is 6.93. The van der Waals surface area contributed by atoms with Crippen LogP contribution in [0.2, 0.25) is 0 Å². The van der Waals surface area contributed by atoms with E-state index in [9.17, 15) is 9.59 Å². The van der Waals surface area contributed by atoms with Gasteiger partial charge in [-0.3, -0.25) is 14.2 Å². The van der Waals surface area contributed by atoms with Crippen molar-refractivity contribution in [2.75, 3.05) is 13.7 Å². The van der Waals surface area contributed by atoms with Gasteiger partial charge in [0.2, 0.25) is 5.91 Å². The summed E-state index contributed by atoms with van der Waals surface area (Å²) in [6.45, 7) is 4.65. The summed E-state index contributed by atoms with van der Waals surface area (Å²) in [6.07, 6.45) is 6.35. The maximum absolute atomic E-state index is 13.7. The van der Waals surface area contributed by atoms with Crippen LogP contribution in [0, 0.1) is 0 Å². The Morgan fingerprint density at radius 3 is 2.41 bits per heavy atom. The molecule has 0 bridgehead atoms. The minimum atomic E-state index is -0.441. The topological polar surface area (TPSA) is 64.4 Å². The first-order chi connectivity index (χ1) is 18.0. The Balaban J connectivity index is 1.80. The van der Waals surface area contributed by atoms with Crippen LogP contribution in [-0.2, 0) is 4.79 Å². The summed E-state index contributed by atoms with van der Waals surface area (Å²) in [4.78, 5) is 34.0. The number of benzene rings is 3. The second kappa shape index (κ2) is 12.2. The van der Waals surface area contributed by atoms with Crippen LogP contribution in [-0.4, -0.2) is 34.0 Å². The number of hydrogen-bond acceptors (Lipinski definition) is 4. The molecule has 0 radical (unpaired) electrons. The zero-order valence-corrected chi connectivity index (χ0v) is 21.6. The Hall–Kier alpha value is -4.19. The lowest BCUT2D eigenvalue weighted by molar-refractivity contribution is -0.128. The van der Waals surface area contributed by atoms with E-state index in [1.54, 1.807) is 23.8 Å². The molecule has 3 aromatic carbocycles. The average molecular weight is 496 g/mol. The van der Waals surface area contributed by atoms with Gasteiger partial charge in [-0.1, -0.05) is 62.2 Å². The molecule has 1 unspecified atom stereocenters. The first-order valence-electron chi connectivity index (χ1n) is 12.7. The Morgan fingerprint density at radius 1 is 1.00 bits per heavy atom. The number of carbonyl (C=O) groups is 1. The van der Waals surface area contributed by atoms with E-state index in [1.807, 2.05) is 90.7 Å². The van der Waals surface area contributed by atoms with Gasteiger partial charge in [0.1, 0.15) is 11.6 Å². The second-order valence-electron chi connectivity index (χ2n) is 8.98. The van der Waals surface area contributed by atoms with Crippen LogP contribution in [0.3, 0.4) is 0 Å². The van der Waals surface area contributed by atoms with Crippen molar-refractivity contribution in [2.45, 2.75) is 39.2 Å². The normalized spacial score (nSPS) is 12.1. The van der Waals surface area contributed by atoms with E-state index in [4.69, 9.17) is 9.72 Å². The number of ether oxygens (including phenoxy) is 1. The van der Waals surface area contributed by atoms with Crippen molar-refractivity contribution in [1.29, 1.82) is 0 Å². The molecule has 1 amide bonds. The molecule has 0 aliphatic rings. The molecule has 190 valence electrons. The maximum atomic E-state index is 13.7. The van der Waals surface area contributed by atoms with Crippen molar-refractivity contribution in [3.63, 3.8) is 0 Å². The van der Waals surface area contributed by atoms with Crippen LogP contribution in [0.1, 0.15) is 50.5 Å². The number of aromatic nitrogens is 2. The Kier molecular flexibility index (Phi) is 8.52. The zero-order chi connectivity index (χ0) is 26.2. The van der Waals surface area contributed by atoms with Crippen LogP contribution in [0.4, 0.5) is 0 Å². The summed E-state index contributed by atoms with van der Waals surface area (Å²) in [6, 6.07) is 23.9. The monoisotopic (exact) mass is 495 g/mol. The summed E-state index contributed by atoms with van der Waals surface area (Å²) in [5.41, 5.74) is 2.07. The second-order valence-corrected chi connectivity index (χ2v) is 8.98. The third-order valence-electron chi connectivity index (χ3n) is 6.48. The fourth-order valence-electron chi connectivity index (χ4n) is 4.40. The summed E-state index contributed by atoms with van der Waals surface area (Å²) in [7, 11) is 1.61. The van der Waals surface area contributed by atoms with Crippen LogP contribution in [0.15, 0.2) is 89.7 Å². The average Bonchev–Trinajstić information content (AvgIpc) is 2.94. The van der Waals surface area contributed by atoms with E-state index in [1.165, 1.54) is 0 Å². The van der Waals surface area contributed by atoms with E-state index in [-0.39, 0.29) is 11.5 Å². The number of hydrogen-bond donors (Lipinski definition) is 0. The van der Waals surface area contributed by atoms with Gasteiger partial charge in [0.25, 0.3) is 5.56 Å². The van der Waals surface area contributed by atoms with Crippen LogP contribution >= 0.6 is 0 Å². The highest BCUT2D eigenvalue weighted by Gasteiger charge is 2.25. The van der Waals surface area contributed by atoms with Gasteiger partial charge in [-0.2, -0.15) is 0 Å². The van der Waals surface area contributed by atoms with Gasteiger partial charge < -0.3 is 9.64 Å². The molecule has 1 atom stereocenters.